The lowest BCUT2D eigenvalue weighted by molar-refractivity contribution is 0.954. The van der Waals surface area contributed by atoms with Crippen LogP contribution in [0, 0.1) is 0 Å². The lowest BCUT2D eigenvalue weighted by atomic mass is 10.1. The minimum absolute atomic E-state index is 0.232. The molecular weight excluding hydrogens is 506 g/mol. The minimum Gasteiger partial charge on any atom is -0.319 e. The molecule has 39 heavy (non-hydrogen) atoms. The normalized spacial score (nSPS) is 12.3. The first-order chi connectivity index (χ1) is 19.2. The second-order valence-electron chi connectivity index (χ2n) is 9.14. The van der Waals surface area contributed by atoms with Crippen molar-refractivity contribution >= 4 is 39.3 Å². The van der Waals surface area contributed by atoms with E-state index in [0.29, 0.717) is 38.6 Å². The molecule has 188 valence electrons. The third kappa shape index (κ3) is 4.02. The number of thioether (sulfide) groups is 1. The molecule has 0 saturated carbocycles. The molecule has 0 bridgehead atoms. The average molecular weight is 528 g/mol. The van der Waals surface area contributed by atoms with Crippen LogP contribution in [0.15, 0.2) is 124 Å². The van der Waals surface area contributed by atoms with Gasteiger partial charge in [-0.2, -0.15) is 0 Å². The first kappa shape index (κ1) is 23.2. The van der Waals surface area contributed by atoms with E-state index in [0.717, 1.165) is 16.6 Å². The van der Waals surface area contributed by atoms with Gasteiger partial charge in [-0.15, -0.1) is 0 Å². The molecule has 0 fully saturated rings. The van der Waals surface area contributed by atoms with Gasteiger partial charge in [0.15, 0.2) is 5.16 Å². The van der Waals surface area contributed by atoms with E-state index in [1.165, 1.54) is 11.8 Å². The van der Waals surface area contributed by atoms with E-state index in [-0.39, 0.29) is 11.1 Å². The van der Waals surface area contributed by atoms with E-state index in [1.54, 1.807) is 0 Å². The molecule has 0 aliphatic rings. The standard InChI is InChI=1S/C31H21N5O2S/c37-29-26(32-21-15-7-8-16-22(21)33-29)28(20-13-5-2-6-14-20)39-31-35-25(19-11-3-1-4-12-19)27-30(38)34-23-17-9-10-18-24(23)36(27)31/h1-18,28H,(H,33,37)(H,34,38)/t28-/m1/s1. The van der Waals surface area contributed by atoms with Crippen molar-refractivity contribution < 1.29 is 0 Å². The zero-order valence-corrected chi connectivity index (χ0v) is 21.4. The molecule has 7 aromatic rings. The summed E-state index contributed by atoms with van der Waals surface area (Å²) in [5, 5.41) is 0.112. The summed E-state index contributed by atoms with van der Waals surface area (Å²) < 4.78 is 1.90. The molecule has 8 heteroatoms. The van der Waals surface area contributed by atoms with Gasteiger partial charge in [-0.1, -0.05) is 96.7 Å². The third-order valence-corrected chi connectivity index (χ3v) is 7.92. The van der Waals surface area contributed by atoms with Crippen molar-refractivity contribution in [3.05, 3.63) is 141 Å². The van der Waals surface area contributed by atoms with Crippen molar-refractivity contribution in [1.29, 1.82) is 0 Å². The van der Waals surface area contributed by atoms with Crippen molar-refractivity contribution in [2.45, 2.75) is 10.4 Å². The lowest BCUT2D eigenvalue weighted by Gasteiger charge is -2.16. The second-order valence-corrected chi connectivity index (χ2v) is 10.2. The number of nitrogens with one attached hydrogen (secondary N) is 2. The number of rotatable bonds is 5. The summed E-state index contributed by atoms with van der Waals surface area (Å²) in [5.41, 5.74) is 5.55. The van der Waals surface area contributed by atoms with Gasteiger partial charge in [0.1, 0.15) is 16.9 Å². The Hall–Kier alpha value is -4.95. The number of para-hydroxylation sites is 4. The number of benzene rings is 4. The Balaban J connectivity index is 1.51. The van der Waals surface area contributed by atoms with Gasteiger partial charge in [0, 0.05) is 5.56 Å². The molecule has 0 aliphatic heterocycles. The highest BCUT2D eigenvalue weighted by atomic mass is 32.2. The van der Waals surface area contributed by atoms with E-state index < -0.39 is 5.25 Å². The number of imidazole rings is 1. The number of hydrogen-bond donors (Lipinski definition) is 2. The fourth-order valence-corrected chi connectivity index (χ4v) is 6.12. The highest BCUT2D eigenvalue weighted by molar-refractivity contribution is 7.99. The van der Waals surface area contributed by atoms with Crippen LogP contribution in [0.5, 0.6) is 0 Å². The predicted octanol–water partition coefficient (Wildman–Crippen LogP) is 5.96. The summed E-state index contributed by atoms with van der Waals surface area (Å²) >= 11 is 1.40. The van der Waals surface area contributed by atoms with Crippen molar-refractivity contribution in [3.8, 4) is 11.3 Å². The fraction of sp³-hybridized carbons (Fsp3) is 0.0323. The highest BCUT2D eigenvalue weighted by Crippen LogP contribution is 2.40. The second kappa shape index (κ2) is 9.41. The topological polar surface area (TPSA) is 95.9 Å². The fourth-order valence-electron chi connectivity index (χ4n) is 4.90. The van der Waals surface area contributed by atoms with Gasteiger partial charge in [0.25, 0.3) is 11.1 Å². The van der Waals surface area contributed by atoms with Crippen LogP contribution in [0.4, 0.5) is 0 Å². The van der Waals surface area contributed by atoms with E-state index in [1.807, 2.05) is 114 Å². The number of fused-ring (bicyclic) bond motifs is 4. The van der Waals surface area contributed by atoms with Crippen LogP contribution in [0.25, 0.3) is 38.8 Å². The van der Waals surface area contributed by atoms with Crippen LogP contribution in [0.2, 0.25) is 0 Å². The summed E-state index contributed by atoms with van der Waals surface area (Å²) in [6.45, 7) is 0. The van der Waals surface area contributed by atoms with Crippen molar-refractivity contribution in [1.82, 2.24) is 24.3 Å². The van der Waals surface area contributed by atoms with Crippen LogP contribution < -0.4 is 11.1 Å². The van der Waals surface area contributed by atoms with E-state index in [2.05, 4.69) is 9.97 Å². The van der Waals surface area contributed by atoms with Gasteiger partial charge in [-0.25, -0.2) is 9.97 Å². The lowest BCUT2D eigenvalue weighted by Crippen LogP contribution is -2.18. The number of nitrogens with zero attached hydrogens (tertiary/aromatic N) is 3. The van der Waals surface area contributed by atoms with E-state index in [9.17, 15) is 9.59 Å². The molecule has 0 amide bonds. The first-order valence-electron chi connectivity index (χ1n) is 12.5. The molecule has 7 nitrogen and oxygen atoms in total. The quantitative estimate of drug-likeness (QED) is 0.269. The van der Waals surface area contributed by atoms with Crippen molar-refractivity contribution in [2.75, 3.05) is 0 Å². The van der Waals surface area contributed by atoms with Crippen molar-refractivity contribution in [3.63, 3.8) is 0 Å². The average Bonchev–Trinajstić information content (AvgIpc) is 3.37. The molecule has 1 atom stereocenters. The van der Waals surface area contributed by atoms with Crippen LogP contribution in [-0.2, 0) is 0 Å². The largest absolute Gasteiger partial charge is 0.319 e. The summed E-state index contributed by atoms with van der Waals surface area (Å²) in [4.78, 5) is 42.6. The molecule has 0 radical (unpaired) electrons. The molecule has 0 spiro atoms. The smallest absolute Gasteiger partial charge is 0.275 e. The molecular formula is C31H21N5O2S. The van der Waals surface area contributed by atoms with E-state index in [4.69, 9.17) is 9.97 Å². The number of aromatic nitrogens is 5. The maximum atomic E-state index is 13.4. The molecule has 0 saturated heterocycles. The molecule has 2 N–H and O–H groups in total. The van der Waals surface area contributed by atoms with Crippen LogP contribution in [-0.4, -0.2) is 24.3 Å². The molecule has 7 rings (SSSR count). The van der Waals surface area contributed by atoms with Crippen LogP contribution >= 0.6 is 11.8 Å². The van der Waals surface area contributed by atoms with Gasteiger partial charge in [0.05, 0.1) is 27.3 Å². The summed E-state index contributed by atoms with van der Waals surface area (Å²) in [7, 11) is 0. The Morgan fingerprint density at radius 3 is 2.10 bits per heavy atom. The van der Waals surface area contributed by atoms with Crippen LogP contribution in [0.3, 0.4) is 0 Å². The Bertz CT molecular complexity index is 2100. The maximum absolute atomic E-state index is 13.4. The number of H-pyrrole nitrogens is 2. The predicted molar refractivity (Wildman–Crippen MR) is 155 cm³/mol. The number of aromatic amines is 2. The number of hydrogen-bond acceptors (Lipinski definition) is 5. The maximum Gasteiger partial charge on any atom is 0.275 e. The molecule has 0 aliphatic carbocycles. The van der Waals surface area contributed by atoms with Gasteiger partial charge in [0.2, 0.25) is 0 Å². The summed E-state index contributed by atoms with van der Waals surface area (Å²) in [6.07, 6.45) is 0. The Kier molecular flexibility index (Phi) is 5.60. The van der Waals surface area contributed by atoms with Crippen LogP contribution in [0.1, 0.15) is 16.5 Å². The van der Waals surface area contributed by atoms with Crippen molar-refractivity contribution in [2.24, 2.45) is 0 Å². The Morgan fingerprint density at radius 1 is 0.667 bits per heavy atom. The van der Waals surface area contributed by atoms with Gasteiger partial charge < -0.3 is 9.97 Å². The Labute approximate surface area is 226 Å². The first-order valence-corrected chi connectivity index (χ1v) is 13.3. The third-order valence-electron chi connectivity index (χ3n) is 6.70. The summed E-state index contributed by atoms with van der Waals surface area (Å²) in [5.74, 6) is 0. The molecule has 3 heterocycles. The highest BCUT2D eigenvalue weighted by Gasteiger charge is 2.26. The zero-order chi connectivity index (χ0) is 26.3. The Morgan fingerprint density at radius 2 is 1.31 bits per heavy atom. The zero-order valence-electron chi connectivity index (χ0n) is 20.5. The summed E-state index contributed by atoms with van der Waals surface area (Å²) in [6, 6.07) is 34.6. The van der Waals surface area contributed by atoms with Gasteiger partial charge in [-0.05, 0) is 29.8 Å². The van der Waals surface area contributed by atoms with E-state index >= 15 is 0 Å². The minimum atomic E-state index is -0.480. The molecule has 3 aromatic heterocycles. The SMILES string of the molecule is O=c1[nH]c2ccccc2nc1[C@H](Sc1nc(-c2ccccc2)c2c(=O)[nH]c3ccccc3n12)c1ccccc1. The molecule has 4 aromatic carbocycles. The monoisotopic (exact) mass is 527 g/mol. The van der Waals surface area contributed by atoms with Gasteiger partial charge in [-0.3, -0.25) is 14.0 Å². The van der Waals surface area contributed by atoms with Gasteiger partial charge >= 0.3 is 0 Å². The molecule has 0 unspecified atom stereocenters.